The SMILES string of the molecule is Cc1ccc(C(=O)NCC2(O)CCCC2)cc1Br. The van der Waals surface area contributed by atoms with Crippen molar-refractivity contribution in [3.8, 4) is 0 Å². The van der Waals surface area contributed by atoms with Crippen molar-refractivity contribution in [2.45, 2.75) is 38.2 Å². The van der Waals surface area contributed by atoms with Crippen LogP contribution in [0, 0.1) is 6.92 Å². The Morgan fingerprint density at radius 1 is 1.44 bits per heavy atom. The van der Waals surface area contributed by atoms with E-state index in [1.165, 1.54) is 0 Å². The van der Waals surface area contributed by atoms with E-state index in [0.29, 0.717) is 12.1 Å². The molecule has 0 aromatic heterocycles. The van der Waals surface area contributed by atoms with Gasteiger partial charge in [-0.3, -0.25) is 4.79 Å². The smallest absolute Gasteiger partial charge is 0.251 e. The third-order valence-corrected chi connectivity index (χ3v) is 4.40. The van der Waals surface area contributed by atoms with E-state index in [9.17, 15) is 9.90 Å². The molecule has 0 atom stereocenters. The lowest BCUT2D eigenvalue weighted by molar-refractivity contribution is 0.0449. The molecule has 1 aliphatic carbocycles. The third kappa shape index (κ3) is 3.12. The van der Waals surface area contributed by atoms with Crippen molar-refractivity contribution >= 4 is 21.8 Å². The highest BCUT2D eigenvalue weighted by atomic mass is 79.9. The van der Waals surface area contributed by atoms with Crippen LogP contribution >= 0.6 is 15.9 Å². The van der Waals surface area contributed by atoms with Crippen LogP contribution in [0.25, 0.3) is 0 Å². The number of hydrogen-bond donors (Lipinski definition) is 2. The number of halogens is 1. The summed E-state index contributed by atoms with van der Waals surface area (Å²) in [5.74, 6) is -0.129. The second-order valence-corrected chi connectivity index (χ2v) is 5.93. The summed E-state index contributed by atoms with van der Waals surface area (Å²) < 4.78 is 0.926. The molecule has 0 heterocycles. The first-order valence-corrected chi connectivity index (χ1v) is 7.06. The molecule has 18 heavy (non-hydrogen) atoms. The van der Waals surface area contributed by atoms with E-state index in [2.05, 4.69) is 21.2 Å². The fraction of sp³-hybridized carbons (Fsp3) is 0.500. The van der Waals surface area contributed by atoms with Crippen LogP contribution in [0.1, 0.15) is 41.6 Å². The van der Waals surface area contributed by atoms with Crippen LogP contribution in [0.5, 0.6) is 0 Å². The largest absolute Gasteiger partial charge is 0.388 e. The molecule has 1 saturated carbocycles. The van der Waals surface area contributed by atoms with Crippen molar-refractivity contribution in [1.29, 1.82) is 0 Å². The molecule has 1 aliphatic rings. The average Bonchev–Trinajstić information content (AvgIpc) is 2.77. The summed E-state index contributed by atoms with van der Waals surface area (Å²) in [7, 11) is 0. The molecule has 0 radical (unpaired) electrons. The van der Waals surface area contributed by atoms with E-state index in [4.69, 9.17) is 0 Å². The summed E-state index contributed by atoms with van der Waals surface area (Å²) in [6.07, 6.45) is 3.65. The number of aryl methyl sites for hydroxylation is 1. The highest BCUT2D eigenvalue weighted by Crippen LogP contribution is 2.28. The predicted molar refractivity (Wildman–Crippen MR) is 74.6 cm³/mol. The Balaban J connectivity index is 1.97. The van der Waals surface area contributed by atoms with Gasteiger partial charge in [-0.25, -0.2) is 0 Å². The molecule has 1 fully saturated rings. The number of benzene rings is 1. The lowest BCUT2D eigenvalue weighted by atomic mass is 10.0. The first-order chi connectivity index (χ1) is 8.50. The third-order valence-electron chi connectivity index (χ3n) is 3.55. The highest BCUT2D eigenvalue weighted by molar-refractivity contribution is 9.10. The van der Waals surface area contributed by atoms with Crippen LogP contribution in [0.15, 0.2) is 22.7 Å². The Bertz CT molecular complexity index is 453. The molecule has 1 aromatic rings. The molecule has 2 N–H and O–H groups in total. The molecule has 3 nitrogen and oxygen atoms in total. The molecule has 0 bridgehead atoms. The standard InChI is InChI=1S/C14H18BrNO2/c1-10-4-5-11(8-12(10)15)13(17)16-9-14(18)6-2-3-7-14/h4-5,8,18H,2-3,6-7,9H2,1H3,(H,16,17). The van der Waals surface area contributed by atoms with Crippen molar-refractivity contribution in [2.24, 2.45) is 0 Å². The molecule has 0 spiro atoms. The van der Waals surface area contributed by atoms with Gasteiger partial charge in [0.15, 0.2) is 0 Å². The van der Waals surface area contributed by atoms with Gasteiger partial charge in [0, 0.05) is 16.6 Å². The lowest BCUT2D eigenvalue weighted by Gasteiger charge is -2.22. The molecular formula is C14H18BrNO2. The zero-order valence-electron chi connectivity index (χ0n) is 10.5. The second kappa shape index (κ2) is 5.41. The van der Waals surface area contributed by atoms with Crippen molar-refractivity contribution in [1.82, 2.24) is 5.32 Å². The van der Waals surface area contributed by atoms with Gasteiger partial charge in [-0.2, -0.15) is 0 Å². The lowest BCUT2D eigenvalue weighted by Crippen LogP contribution is -2.40. The monoisotopic (exact) mass is 311 g/mol. The van der Waals surface area contributed by atoms with Gasteiger partial charge in [0.25, 0.3) is 5.91 Å². The molecule has 0 unspecified atom stereocenters. The summed E-state index contributed by atoms with van der Waals surface area (Å²) in [5, 5.41) is 13.0. The van der Waals surface area contributed by atoms with Crippen LogP contribution in [0.2, 0.25) is 0 Å². The van der Waals surface area contributed by atoms with Gasteiger partial charge >= 0.3 is 0 Å². The molecule has 1 amide bonds. The summed E-state index contributed by atoms with van der Waals surface area (Å²) >= 11 is 3.41. The number of amides is 1. The van der Waals surface area contributed by atoms with Crippen LogP contribution < -0.4 is 5.32 Å². The zero-order chi connectivity index (χ0) is 13.2. The van der Waals surface area contributed by atoms with Gasteiger partial charge in [-0.15, -0.1) is 0 Å². The normalized spacial score (nSPS) is 17.7. The zero-order valence-corrected chi connectivity index (χ0v) is 12.1. The van der Waals surface area contributed by atoms with Gasteiger partial charge in [-0.1, -0.05) is 34.8 Å². The van der Waals surface area contributed by atoms with Gasteiger partial charge in [0.2, 0.25) is 0 Å². The Hall–Kier alpha value is -0.870. The maximum atomic E-state index is 12.0. The Morgan fingerprint density at radius 2 is 2.11 bits per heavy atom. The van der Waals surface area contributed by atoms with Crippen molar-refractivity contribution in [3.05, 3.63) is 33.8 Å². The summed E-state index contributed by atoms with van der Waals surface area (Å²) in [6.45, 7) is 2.32. The van der Waals surface area contributed by atoms with Crippen LogP contribution in [-0.4, -0.2) is 23.2 Å². The quantitative estimate of drug-likeness (QED) is 0.902. The summed E-state index contributed by atoms with van der Waals surface area (Å²) in [5.41, 5.74) is 1.02. The average molecular weight is 312 g/mol. The Labute approximate surface area is 116 Å². The number of carbonyl (C=O) groups is 1. The predicted octanol–water partition coefficient (Wildman–Crippen LogP) is 2.79. The van der Waals surface area contributed by atoms with E-state index >= 15 is 0 Å². The number of aliphatic hydroxyl groups is 1. The summed E-state index contributed by atoms with van der Waals surface area (Å²) in [6, 6.07) is 5.51. The number of hydrogen-bond acceptors (Lipinski definition) is 2. The maximum absolute atomic E-state index is 12.0. The molecule has 0 aliphatic heterocycles. The van der Waals surface area contributed by atoms with Gasteiger partial charge < -0.3 is 10.4 Å². The van der Waals surface area contributed by atoms with E-state index in [1.807, 2.05) is 19.1 Å². The van der Waals surface area contributed by atoms with Gasteiger partial charge in [0.05, 0.1) is 5.60 Å². The van der Waals surface area contributed by atoms with E-state index < -0.39 is 5.60 Å². The molecule has 4 heteroatoms. The molecule has 1 aromatic carbocycles. The van der Waals surface area contributed by atoms with E-state index in [0.717, 1.165) is 35.7 Å². The molecule has 0 saturated heterocycles. The van der Waals surface area contributed by atoms with Crippen LogP contribution in [0.3, 0.4) is 0 Å². The van der Waals surface area contributed by atoms with Crippen LogP contribution in [0.4, 0.5) is 0 Å². The van der Waals surface area contributed by atoms with Crippen molar-refractivity contribution in [2.75, 3.05) is 6.54 Å². The maximum Gasteiger partial charge on any atom is 0.251 e. The van der Waals surface area contributed by atoms with Crippen molar-refractivity contribution in [3.63, 3.8) is 0 Å². The summed E-state index contributed by atoms with van der Waals surface area (Å²) in [4.78, 5) is 12.0. The van der Waals surface area contributed by atoms with Gasteiger partial charge in [0.1, 0.15) is 0 Å². The first-order valence-electron chi connectivity index (χ1n) is 6.27. The Morgan fingerprint density at radius 3 is 2.72 bits per heavy atom. The number of nitrogens with one attached hydrogen (secondary N) is 1. The molecule has 98 valence electrons. The van der Waals surface area contributed by atoms with Gasteiger partial charge in [-0.05, 0) is 37.5 Å². The fourth-order valence-electron chi connectivity index (χ4n) is 2.29. The molecular weight excluding hydrogens is 294 g/mol. The van der Waals surface area contributed by atoms with Crippen molar-refractivity contribution < 1.29 is 9.90 Å². The minimum atomic E-state index is -0.697. The minimum absolute atomic E-state index is 0.129. The Kier molecular flexibility index (Phi) is 4.07. The van der Waals surface area contributed by atoms with E-state index in [1.54, 1.807) is 6.07 Å². The number of rotatable bonds is 3. The minimum Gasteiger partial charge on any atom is -0.388 e. The highest BCUT2D eigenvalue weighted by Gasteiger charge is 2.31. The molecule has 2 rings (SSSR count). The first kappa shape index (κ1) is 13.6. The van der Waals surface area contributed by atoms with Crippen LogP contribution in [-0.2, 0) is 0 Å². The fourth-order valence-corrected chi connectivity index (χ4v) is 2.67. The second-order valence-electron chi connectivity index (χ2n) is 5.08. The van der Waals surface area contributed by atoms with E-state index in [-0.39, 0.29) is 5.91 Å². The topological polar surface area (TPSA) is 49.3 Å². The number of carbonyl (C=O) groups excluding carboxylic acids is 1.